The zero-order chi connectivity index (χ0) is 29.5. The molecule has 3 aromatic rings. The summed E-state index contributed by atoms with van der Waals surface area (Å²) in [6.45, 7) is 7.15. The molecule has 0 heterocycles. The van der Waals surface area contributed by atoms with Gasteiger partial charge in [-0.3, -0.25) is 13.9 Å². The Morgan fingerprint density at radius 3 is 2.08 bits per heavy atom. The molecule has 214 valence electrons. The lowest BCUT2D eigenvalue weighted by atomic mass is 10.1. The zero-order valence-electron chi connectivity index (χ0n) is 23.4. The van der Waals surface area contributed by atoms with Crippen molar-refractivity contribution < 1.29 is 22.7 Å². The first-order valence-corrected chi connectivity index (χ1v) is 15.1. The van der Waals surface area contributed by atoms with Gasteiger partial charge in [0, 0.05) is 17.1 Å². The maximum Gasteiger partial charge on any atom is 0.244 e. The highest BCUT2D eigenvalue weighted by molar-refractivity contribution is 7.92. The smallest absolute Gasteiger partial charge is 0.244 e. The first-order chi connectivity index (χ1) is 18.7. The van der Waals surface area contributed by atoms with Gasteiger partial charge in [0.1, 0.15) is 24.9 Å². The molecule has 0 saturated carbocycles. The summed E-state index contributed by atoms with van der Waals surface area (Å²) in [4.78, 5) is 28.1. The maximum absolute atomic E-state index is 13.7. The van der Waals surface area contributed by atoms with Gasteiger partial charge in [0.2, 0.25) is 21.8 Å². The molecular weight excluding hydrogens is 550 g/mol. The number of nitrogens with one attached hydrogen (secondary N) is 1. The summed E-state index contributed by atoms with van der Waals surface area (Å²) < 4.78 is 32.4. The highest BCUT2D eigenvalue weighted by atomic mass is 35.5. The number of carbonyl (C=O) groups is 2. The Hall–Kier alpha value is -3.56. The predicted octanol–water partition coefficient (Wildman–Crippen LogP) is 5.02. The summed E-state index contributed by atoms with van der Waals surface area (Å²) in [5.41, 5.74) is 1.55. The molecule has 0 saturated heterocycles. The molecule has 40 heavy (non-hydrogen) atoms. The number of nitrogens with zero attached hydrogens (tertiary/aromatic N) is 2. The average molecular weight is 586 g/mol. The number of anilines is 1. The lowest BCUT2D eigenvalue weighted by Gasteiger charge is -2.33. The van der Waals surface area contributed by atoms with Crippen molar-refractivity contribution in [1.82, 2.24) is 10.2 Å². The Balaban J connectivity index is 1.83. The summed E-state index contributed by atoms with van der Waals surface area (Å²) in [6.07, 6.45) is 1.04. The third-order valence-corrected chi connectivity index (χ3v) is 7.38. The monoisotopic (exact) mass is 585 g/mol. The number of hydrogen-bond acceptors (Lipinski definition) is 5. The molecular formula is C30H36ClN3O5S. The predicted molar refractivity (Wildman–Crippen MR) is 159 cm³/mol. The molecule has 10 heteroatoms. The fourth-order valence-electron chi connectivity index (χ4n) is 3.91. The molecule has 2 amide bonds. The van der Waals surface area contributed by atoms with E-state index < -0.39 is 34.1 Å². The van der Waals surface area contributed by atoms with Crippen molar-refractivity contribution in [3.8, 4) is 5.75 Å². The highest BCUT2D eigenvalue weighted by Crippen LogP contribution is 2.23. The van der Waals surface area contributed by atoms with Gasteiger partial charge < -0.3 is 15.0 Å². The number of rotatable bonds is 11. The van der Waals surface area contributed by atoms with E-state index in [0.717, 1.165) is 21.7 Å². The standard InChI is InChI=1S/C30H36ClN3O5S/c1-22(29(36)32-30(2,3)4)33(19-23-11-13-25(31)14-12-23)28(35)20-34(40(5,37)38)26-15-17-27(18-16-26)39-21-24-9-7-6-8-10-24/h6-18,22H,19-21H2,1-5H3,(H,32,36). The molecule has 8 nitrogen and oxygen atoms in total. The van der Waals surface area contributed by atoms with Gasteiger partial charge >= 0.3 is 0 Å². The number of carbonyl (C=O) groups excluding carboxylic acids is 2. The van der Waals surface area contributed by atoms with Crippen LogP contribution in [-0.4, -0.2) is 49.5 Å². The fourth-order valence-corrected chi connectivity index (χ4v) is 4.88. The number of ether oxygens (including phenoxy) is 1. The summed E-state index contributed by atoms with van der Waals surface area (Å²) in [6, 6.07) is 22.2. The van der Waals surface area contributed by atoms with Gasteiger partial charge in [0.25, 0.3) is 0 Å². The summed E-state index contributed by atoms with van der Waals surface area (Å²) in [5.74, 6) is -0.314. The highest BCUT2D eigenvalue weighted by Gasteiger charge is 2.31. The van der Waals surface area contributed by atoms with E-state index in [4.69, 9.17) is 16.3 Å². The van der Waals surface area contributed by atoms with Crippen molar-refractivity contribution in [2.75, 3.05) is 17.1 Å². The molecule has 0 fully saturated rings. The number of amides is 2. The minimum atomic E-state index is -3.84. The van der Waals surface area contributed by atoms with Crippen molar-refractivity contribution in [1.29, 1.82) is 0 Å². The van der Waals surface area contributed by atoms with Crippen molar-refractivity contribution >= 4 is 39.1 Å². The number of halogens is 1. The molecule has 1 unspecified atom stereocenters. The normalized spacial score (nSPS) is 12.3. The second kappa shape index (κ2) is 13.2. The molecule has 1 N–H and O–H groups in total. The Kier molecular flexibility index (Phi) is 10.2. The van der Waals surface area contributed by atoms with Gasteiger partial charge in [0.15, 0.2) is 0 Å². The molecule has 0 aromatic heterocycles. The van der Waals surface area contributed by atoms with Crippen LogP contribution in [0.2, 0.25) is 5.02 Å². The third kappa shape index (κ3) is 9.27. The molecule has 3 aromatic carbocycles. The van der Waals surface area contributed by atoms with Crippen LogP contribution >= 0.6 is 11.6 Å². The second-order valence-electron chi connectivity index (χ2n) is 10.6. The van der Waals surface area contributed by atoms with E-state index in [1.54, 1.807) is 55.5 Å². The van der Waals surface area contributed by atoms with Crippen LogP contribution in [0.25, 0.3) is 0 Å². The minimum Gasteiger partial charge on any atom is -0.489 e. The Morgan fingerprint density at radius 1 is 0.925 bits per heavy atom. The van der Waals surface area contributed by atoms with Crippen LogP contribution in [-0.2, 0) is 32.8 Å². The molecule has 0 radical (unpaired) electrons. The van der Waals surface area contributed by atoms with Crippen LogP contribution in [0, 0.1) is 0 Å². The molecule has 3 rings (SSSR count). The summed E-state index contributed by atoms with van der Waals surface area (Å²) in [7, 11) is -3.84. The quantitative estimate of drug-likeness (QED) is 0.341. The molecule has 1 atom stereocenters. The topological polar surface area (TPSA) is 96.0 Å². The third-order valence-electron chi connectivity index (χ3n) is 5.98. The van der Waals surface area contributed by atoms with E-state index in [0.29, 0.717) is 23.1 Å². The van der Waals surface area contributed by atoms with Crippen molar-refractivity contribution in [3.05, 3.63) is 95.0 Å². The largest absolute Gasteiger partial charge is 0.489 e. The van der Waals surface area contributed by atoms with Crippen LogP contribution in [0.4, 0.5) is 5.69 Å². The van der Waals surface area contributed by atoms with Crippen LogP contribution < -0.4 is 14.4 Å². The Labute approximate surface area is 241 Å². The van der Waals surface area contributed by atoms with Crippen LogP contribution in [0.15, 0.2) is 78.9 Å². The lowest BCUT2D eigenvalue weighted by Crippen LogP contribution is -2.54. The van der Waals surface area contributed by atoms with Gasteiger partial charge in [-0.1, -0.05) is 54.1 Å². The van der Waals surface area contributed by atoms with E-state index in [2.05, 4.69) is 5.32 Å². The van der Waals surface area contributed by atoms with E-state index in [1.165, 1.54) is 4.90 Å². The molecule has 0 bridgehead atoms. The van der Waals surface area contributed by atoms with Gasteiger partial charge in [0.05, 0.1) is 11.9 Å². The Bertz CT molecular complexity index is 1390. The van der Waals surface area contributed by atoms with Crippen molar-refractivity contribution in [2.45, 2.75) is 52.4 Å². The first-order valence-electron chi connectivity index (χ1n) is 12.8. The van der Waals surface area contributed by atoms with E-state index in [-0.39, 0.29) is 12.5 Å². The first kappa shape index (κ1) is 31.0. The molecule has 0 aliphatic carbocycles. The summed E-state index contributed by atoms with van der Waals surface area (Å²) >= 11 is 6.02. The minimum absolute atomic E-state index is 0.0958. The van der Waals surface area contributed by atoms with Crippen LogP contribution in [0.5, 0.6) is 5.75 Å². The summed E-state index contributed by atoms with van der Waals surface area (Å²) in [5, 5.41) is 3.44. The van der Waals surface area contributed by atoms with Gasteiger partial charge in [-0.2, -0.15) is 0 Å². The number of benzene rings is 3. The van der Waals surface area contributed by atoms with Gasteiger partial charge in [-0.05, 0) is 75.2 Å². The second-order valence-corrected chi connectivity index (χ2v) is 12.9. The van der Waals surface area contributed by atoms with Crippen molar-refractivity contribution in [3.63, 3.8) is 0 Å². The number of sulfonamides is 1. The van der Waals surface area contributed by atoms with E-state index >= 15 is 0 Å². The van der Waals surface area contributed by atoms with E-state index in [1.807, 2.05) is 51.1 Å². The van der Waals surface area contributed by atoms with Gasteiger partial charge in [-0.25, -0.2) is 8.42 Å². The fraction of sp³-hybridized carbons (Fsp3) is 0.333. The Morgan fingerprint density at radius 2 is 1.52 bits per heavy atom. The van der Waals surface area contributed by atoms with Crippen LogP contribution in [0.3, 0.4) is 0 Å². The zero-order valence-corrected chi connectivity index (χ0v) is 25.0. The lowest BCUT2D eigenvalue weighted by molar-refractivity contribution is -0.140. The SMILES string of the molecule is CC(C(=O)NC(C)(C)C)N(Cc1ccc(Cl)cc1)C(=O)CN(c1ccc(OCc2ccccc2)cc1)S(C)(=O)=O. The maximum atomic E-state index is 13.7. The average Bonchev–Trinajstić information content (AvgIpc) is 2.89. The van der Waals surface area contributed by atoms with E-state index in [9.17, 15) is 18.0 Å². The molecule has 0 aliphatic rings. The van der Waals surface area contributed by atoms with Crippen LogP contribution in [0.1, 0.15) is 38.8 Å². The van der Waals surface area contributed by atoms with Crippen molar-refractivity contribution in [2.24, 2.45) is 0 Å². The number of hydrogen-bond donors (Lipinski definition) is 1. The van der Waals surface area contributed by atoms with Gasteiger partial charge in [-0.15, -0.1) is 0 Å². The molecule has 0 aliphatic heterocycles. The molecule has 0 spiro atoms.